The van der Waals surface area contributed by atoms with Crippen LogP contribution in [0.4, 0.5) is 5.82 Å². The number of amides is 1. The molecule has 1 saturated heterocycles. The van der Waals surface area contributed by atoms with Crippen LogP contribution in [0.25, 0.3) is 22.3 Å². The molecular formula is C24H26N4O4. The van der Waals surface area contributed by atoms with Gasteiger partial charge in [-0.1, -0.05) is 18.2 Å². The second-order valence-electron chi connectivity index (χ2n) is 7.85. The second-order valence-corrected chi connectivity index (χ2v) is 7.85. The Labute approximate surface area is 186 Å². The van der Waals surface area contributed by atoms with Crippen LogP contribution in [0.2, 0.25) is 0 Å². The minimum absolute atomic E-state index is 0.0480. The first-order chi connectivity index (χ1) is 15.5. The topological polar surface area (TPSA) is 95.9 Å². The summed E-state index contributed by atoms with van der Waals surface area (Å²) in [4.78, 5) is 37.2. The number of methoxy groups -OCH3 is 1. The molecule has 1 aliphatic heterocycles. The van der Waals surface area contributed by atoms with Crippen molar-refractivity contribution in [3.8, 4) is 17.1 Å². The van der Waals surface area contributed by atoms with E-state index in [2.05, 4.69) is 9.64 Å². The van der Waals surface area contributed by atoms with Crippen LogP contribution < -0.4 is 4.90 Å². The van der Waals surface area contributed by atoms with E-state index in [1.54, 1.807) is 23.1 Å². The average molecular weight is 434 g/mol. The number of hydrogen-bond acceptors (Lipinski definition) is 7. The summed E-state index contributed by atoms with van der Waals surface area (Å²) in [5, 5.41) is 11.3. The molecule has 0 aliphatic carbocycles. The van der Waals surface area contributed by atoms with Crippen molar-refractivity contribution < 1.29 is 19.4 Å². The fraction of sp³-hybridized carbons (Fsp3) is 0.333. The van der Waals surface area contributed by atoms with Crippen molar-refractivity contribution in [1.29, 1.82) is 0 Å². The molecule has 0 spiro atoms. The highest BCUT2D eigenvalue weighted by Crippen LogP contribution is 2.32. The highest BCUT2D eigenvalue weighted by atomic mass is 16.5. The molecule has 32 heavy (non-hydrogen) atoms. The number of phenolic OH excluding ortho intramolecular Hbond substituents is 1. The van der Waals surface area contributed by atoms with Crippen molar-refractivity contribution in [3.05, 3.63) is 48.0 Å². The molecule has 0 atom stereocenters. The van der Waals surface area contributed by atoms with Crippen LogP contribution in [0.3, 0.4) is 0 Å². The van der Waals surface area contributed by atoms with Gasteiger partial charge in [-0.3, -0.25) is 9.59 Å². The molecule has 8 nitrogen and oxygen atoms in total. The van der Waals surface area contributed by atoms with Gasteiger partial charge in [0.1, 0.15) is 11.6 Å². The standard InChI is InChI=1S/C24H26N4O4/c1-16-7-8-17-19(15-16)25-23(18-5-3-4-6-20(18)29)26-24(17)28-13-11-27(12-14-28)21(30)9-10-22(31)32-2/h3-8,15,29H,9-14H2,1-2H3. The Morgan fingerprint density at radius 1 is 1.03 bits per heavy atom. The summed E-state index contributed by atoms with van der Waals surface area (Å²) in [5.74, 6) is 0.957. The molecule has 2 aromatic carbocycles. The van der Waals surface area contributed by atoms with Gasteiger partial charge in [-0.2, -0.15) is 0 Å². The first-order valence-electron chi connectivity index (χ1n) is 10.6. The van der Waals surface area contributed by atoms with Crippen molar-refractivity contribution in [3.63, 3.8) is 0 Å². The molecule has 2 heterocycles. The van der Waals surface area contributed by atoms with Crippen molar-refractivity contribution in [1.82, 2.24) is 14.9 Å². The van der Waals surface area contributed by atoms with E-state index in [9.17, 15) is 14.7 Å². The molecular weight excluding hydrogens is 408 g/mol. The summed E-state index contributed by atoms with van der Waals surface area (Å²) in [5.41, 5.74) is 2.48. The van der Waals surface area contributed by atoms with Gasteiger partial charge in [0.2, 0.25) is 5.91 Å². The van der Waals surface area contributed by atoms with E-state index < -0.39 is 0 Å². The number of aromatic nitrogens is 2. The highest BCUT2D eigenvalue weighted by Gasteiger charge is 2.24. The van der Waals surface area contributed by atoms with Gasteiger partial charge < -0.3 is 19.6 Å². The van der Waals surface area contributed by atoms with Gasteiger partial charge in [0.15, 0.2) is 5.82 Å². The SMILES string of the molecule is COC(=O)CCC(=O)N1CCN(c2nc(-c3ccccc3O)nc3cc(C)ccc23)CC1. The molecule has 1 aliphatic rings. The molecule has 1 amide bonds. The number of aryl methyl sites for hydroxylation is 1. The maximum absolute atomic E-state index is 12.4. The van der Waals surface area contributed by atoms with Crippen molar-refractivity contribution in [2.45, 2.75) is 19.8 Å². The smallest absolute Gasteiger partial charge is 0.306 e. The summed E-state index contributed by atoms with van der Waals surface area (Å²) in [6.07, 6.45) is 0.245. The first-order valence-corrected chi connectivity index (χ1v) is 10.6. The van der Waals surface area contributed by atoms with Gasteiger partial charge in [0.05, 0.1) is 24.6 Å². The fourth-order valence-corrected chi connectivity index (χ4v) is 3.88. The Balaban J connectivity index is 1.60. The number of ether oxygens (including phenoxy) is 1. The molecule has 0 radical (unpaired) electrons. The third-order valence-electron chi connectivity index (χ3n) is 5.68. The summed E-state index contributed by atoms with van der Waals surface area (Å²) in [6.45, 7) is 4.33. The molecule has 0 saturated carbocycles. The number of phenols is 1. The highest BCUT2D eigenvalue weighted by molar-refractivity contribution is 5.92. The number of carbonyl (C=O) groups is 2. The lowest BCUT2D eigenvalue weighted by atomic mass is 10.1. The number of piperazine rings is 1. The lowest BCUT2D eigenvalue weighted by Gasteiger charge is -2.36. The largest absolute Gasteiger partial charge is 0.507 e. The number of rotatable bonds is 5. The van der Waals surface area contributed by atoms with Crippen molar-refractivity contribution >= 4 is 28.6 Å². The molecule has 166 valence electrons. The van der Waals surface area contributed by atoms with Gasteiger partial charge in [-0.15, -0.1) is 0 Å². The third kappa shape index (κ3) is 4.49. The van der Waals surface area contributed by atoms with Crippen LogP contribution >= 0.6 is 0 Å². The summed E-state index contributed by atoms with van der Waals surface area (Å²) >= 11 is 0. The van der Waals surface area contributed by atoms with Crippen LogP contribution in [-0.4, -0.2) is 65.1 Å². The van der Waals surface area contributed by atoms with E-state index in [1.807, 2.05) is 31.2 Å². The van der Waals surface area contributed by atoms with Gasteiger partial charge in [0.25, 0.3) is 0 Å². The van der Waals surface area contributed by atoms with Gasteiger partial charge in [-0.05, 0) is 36.8 Å². The predicted octanol–water partition coefficient (Wildman–Crippen LogP) is 2.91. The number of aromatic hydroxyl groups is 1. The third-order valence-corrected chi connectivity index (χ3v) is 5.68. The lowest BCUT2D eigenvalue weighted by Crippen LogP contribution is -2.49. The number of hydrogen-bond donors (Lipinski definition) is 1. The Bertz CT molecular complexity index is 1160. The Hall–Kier alpha value is -3.68. The van der Waals surface area contributed by atoms with Gasteiger partial charge in [0, 0.05) is 38.0 Å². The molecule has 0 unspecified atom stereocenters. The molecule has 0 bridgehead atoms. The predicted molar refractivity (Wildman–Crippen MR) is 121 cm³/mol. The molecule has 4 rings (SSSR count). The summed E-state index contributed by atoms with van der Waals surface area (Å²) in [6, 6.07) is 13.1. The van der Waals surface area contributed by atoms with Crippen LogP contribution in [0, 0.1) is 6.92 Å². The molecule has 1 fully saturated rings. The zero-order valence-electron chi connectivity index (χ0n) is 18.2. The molecule has 8 heteroatoms. The van der Waals surface area contributed by atoms with E-state index in [1.165, 1.54) is 7.11 Å². The van der Waals surface area contributed by atoms with Gasteiger partial charge in [-0.25, -0.2) is 9.97 Å². The number of fused-ring (bicyclic) bond motifs is 1. The normalized spacial score (nSPS) is 13.9. The molecule has 1 aromatic heterocycles. The van der Waals surface area contributed by atoms with Gasteiger partial charge >= 0.3 is 5.97 Å². The molecule has 1 N–H and O–H groups in total. The number of carbonyl (C=O) groups excluding carboxylic acids is 2. The van der Waals surface area contributed by atoms with Crippen LogP contribution in [0.1, 0.15) is 18.4 Å². The minimum Gasteiger partial charge on any atom is -0.507 e. The zero-order chi connectivity index (χ0) is 22.7. The van der Waals surface area contributed by atoms with E-state index in [0.29, 0.717) is 37.6 Å². The fourth-order valence-electron chi connectivity index (χ4n) is 3.88. The number of para-hydroxylation sites is 1. The monoisotopic (exact) mass is 434 g/mol. The number of nitrogens with zero attached hydrogens (tertiary/aromatic N) is 4. The van der Waals surface area contributed by atoms with Crippen LogP contribution in [-0.2, 0) is 14.3 Å². The maximum Gasteiger partial charge on any atom is 0.306 e. The first kappa shape index (κ1) is 21.5. The van der Waals surface area contributed by atoms with Crippen LogP contribution in [0.15, 0.2) is 42.5 Å². The molecule has 3 aromatic rings. The second kappa shape index (κ2) is 9.21. The summed E-state index contributed by atoms with van der Waals surface area (Å²) in [7, 11) is 1.32. The Kier molecular flexibility index (Phi) is 6.20. The Morgan fingerprint density at radius 2 is 1.78 bits per heavy atom. The number of benzene rings is 2. The summed E-state index contributed by atoms with van der Waals surface area (Å²) < 4.78 is 4.62. The maximum atomic E-state index is 12.4. The number of anilines is 1. The quantitative estimate of drug-likeness (QED) is 0.617. The van der Waals surface area contributed by atoms with E-state index in [0.717, 1.165) is 22.3 Å². The average Bonchev–Trinajstić information content (AvgIpc) is 2.81. The number of esters is 1. The van der Waals surface area contributed by atoms with Crippen LogP contribution in [0.5, 0.6) is 5.75 Å². The van der Waals surface area contributed by atoms with E-state index in [-0.39, 0.29) is 30.5 Å². The van der Waals surface area contributed by atoms with E-state index in [4.69, 9.17) is 9.97 Å². The Morgan fingerprint density at radius 3 is 2.50 bits per heavy atom. The zero-order valence-corrected chi connectivity index (χ0v) is 18.2. The minimum atomic E-state index is -0.378. The van der Waals surface area contributed by atoms with E-state index >= 15 is 0 Å². The lowest BCUT2D eigenvalue weighted by molar-refractivity contribution is -0.143. The van der Waals surface area contributed by atoms with Crippen molar-refractivity contribution in [2.24, 2.45) is 0 Å². The van der Waals surface area contributed by atoms with Crippen molar-refractivity contribution in [2.75, 3.05) is 38.2 Å².